The van der Waals surface area contributed by atoms with E-state index >= 15 is 0 Å². The molecule has 0 radical (unpaired) electrons. The van der Waals surface area contributed by atoms with Crippen LogP contribution in [-0.4, -0.2) is 12.1 Å². The van der Waals surface area contributed by atoms with Crippen LogP contribution in [0.5, 0.6) is 0 Å². The van der Waals surface area contributed by atoms with Gasteiger partial charge in [0.05, 0.1) is 0 Å². The van der Waals surface area contributed by atoms with E-state index in [9.17, 15) is 0 Å². The molecule has 0 aromatic heterocycles. The highest BCUT2D eigenvalue weighted by atomic mass is 14.8. The van der Waals surface area contributed by atoms with Crippen molar-refractivity contribution in [2.75, 3.05) is 0 Å². The predicted octanol–water partition coefficient (Wildman–Crippen LogP) is 5.43. The van der Waals surface area contributed by atoms with Crippen LogP contribution in [0.1, 0.15) is 79.1 Å². The van der Waals surface area contributed by atoms with Crippen molar-refractivity contribution in [1.29, 1.82) is 0 Å². The largest absolute Gasteiger partial charge is 0.326 e. The average Bonchev–Trinajstić information content (AvgIpc) is 2.52. The van der Waals surface area contributed by atoms with Crippen LogP contribution in [0.25, 0.3) is 0 Å². The monoisotopic (exact) mass is 334 g/mol. The van der Waals surface area contributed by atoms with E-state index in [1.807, 2.05) is 0 Å². The average molecular weight is 335 g/mol. The number of unbranched alkanes of at least 4 members (excludes halogenated alkanes) is 1. The number of rotatable bonds is 10. The second kappa shape index (κ2) is 10.4. The molecule has 1 aliphatic carbocycles. The molecule has 1 rings (SSSR count). The van der Waals surface area contributed by atoms with Gasteiger partial charge in [-0.3, -0.25) is 0 Å². The van der Waals surface area contributed by atoms with Crippen molar-refractivity contribution in [1.82, 2.24) is 0 Å². The Balaban J connectivity index is 2.40. The topological polar surface area (TPSA) is 52.0 Å². The highest BCUT2D eigenvalue weighted by molar-refractivity contribution is 5.09. The van der Waals surface area contributed by atoms with Gasteiger partial charge in [0.25, 0.3) is 0 Å². The van der Waals surface area contributed by atoms with Gasteiger partial charge in [-0.05, 0) is 56.3 Å². The van der Waals surface area contributed by atoms with E-state index in [1.165, 1.54) is 43.3 Å². The third-order valence-corrected chi connectivity index (χ3v) is 6.23. The van der Waals surface area contributed by atoms with E-state index in [4.69, 9.17) is 11.5 Å². The van der Waals surface area contributed by atoms with Crippen molar-refractivity contribution < 1.29 is 0 Å². The lowest BCUT2D eigenvalue weighted by atomic mass is 9.66. The van der Waals surface area contributed by atoms with Crippen molar-refractivity contribution >= 4 is 0 Å². The Hall–Kier alpha value is -0.600. The van der Waals surface area contributed by atoms with Crippen LogP contribution in [0.2, 0.25) is 0 Å². The second-order valence-corrected chi connectivity index (χ2v) is 8.56. The molecule has 24 heavy (non-hydrogen) atoms. The van der Waals surface area contributed by atoms with E-state index < -0.39 is 0 Å². The van der Waals surface area contributed by atoms with E-state index in [2.05, 4.69) is 40.9 Å². The SMILES string of the molecule is C=C(CCCCC(C)CCC)CC1CC(C(=C)C)C(C)C(N)C1N. The minimum Gasteiger partial charge on any atom is -0.326 e. The van der Waals surface area contributed by atoms with Gasteiger partial charge in [-0.15, -0.1) is 0 Å². The van der Waals surface area contributed by atoms with Crippen LogP contribution in [0.15, 0.2) is 24.3 Å². The first kappa shape index (κ1) is 21.4. The molecule has 0 aliphatic heterocycles. The van der Waals surface area contributed by atoms with E-state index in [-0.39, 0.29) is 12.1 Å². The van der Waals surface area contributed by atoms with Crippen molar-refractivity contribution in [2.24, 2.45) is 35.1 Å². The predicted molar refractivity (Wildman–Crippen MR) is 108 cm³/mol. The molecule has 4 N–H and O–H groups in total. The first-order valence-electron chi connectivity index (χ1n) is 10.1. The normalized spacial score (nSPS) is 31.7. The van der Waals surface area contributed by atoms with Gasteiger partial charge in [0.15, 0.2) is 0 Å². The summed E-state index contributed by atoms with van der Waals surface area (Å²) in [4.78, 5) is 0. The van der Waals surface area contributed by atoms with Gasteiger partial charge in [0.1, 0.15) is 0 Å². The van der Waals surface area contributed by atoms with Crippen molar-refractivity contribution in [3.63, 3.8) is 0 Å². The number of nitrogens with two attached hydrogens (primary N) is 2. The van der Waals surface area contributed by atoms with Gasteiger partial charge in [-0.25, -0.2) is 0 Å². The van der Waals surface area contributed by atoms with Crippen LogP contribution in [0.3, 0.4) is 0 Å². The second-order valence-electron chi connectivity index (χ2n) is 8.56. The molecule has 6 atom stereocenters. The molecular weight excluding hydrogens is 292 g/mol. The highest BCUT2D eigenvalue weighted by Crippen LogP contribution is 2.39. The Morgan fingerprint density at radius 2 is 1.79 bits per heavy atom. The zero-order chi connectivity index (χ0) is 18.3. The smallest absolute Gasteiger partial charge is 0.0227 e. The van der Waals surface area contributed by atoms with Crippen molar-refractivity contribution in [2.45, 2.75) is 91.1 Å². The van der Waals surface area contributed by atoms with E-state index in [1.54, 1.807) is 0 Å². The molecular formula is C22H42N2. The minimum absolute atomic E-state index is 0.0770. The Kier molecular flexibility index (Phi) is 9.30. The molecule has 6 unspecified atom stereocenters. The summed E-state index contributed by atoms with van der Waals surface area (Å²) in [7, 11) is 0. The molecule has 0 saturated heterocycles. The summed E-state index contributed by atoms with van der Waals surface area (Å²) in [6.07, 6.45) is 9.90. The lowest BCUT2D eigenvalue weighted by Crippen LogP contribution is -2.56. The number of hydrogen-bond donors (Lipinski definition) is 2. The molecule has 0 amide bonds. The fraction of sp³-hybridized carbons (Fsp3) is 0.818. The van der Waals surface area contributed by atoms with Crippen LogP contribution >= 0.6 is 0 Å². The van der Waals surface area contributed by atoms with Crippen LogP contribution in [0.4, 0.5) is 0 Å². The third kappa shape index (κ3) is 6.37. The quantitative estimate of drug-likeness (QED) is 0.413. The lowest BCUT2D eigenvalue weighted by Gasteiger charge is -2.44. The molecule has 1 aliphatic rings. The third-order valence-electron chi connectivity index (χ3n) is 6.23. The summed E-state index contributed by atoms with van der Waals surface area (Å²) in [5, 5.41) is 0. The molecule has 0 bridgehead atoms. The first-order valence-corrected chi connectivity index (χ1v) is 10.1. The van der Waals surface area contributed by atoms with Gasteiger partial charge >= 0.3 is 0 Å². The van der Waals surface area contributed by atoms with Crippen molar-refractivity contribution in [3.05, 3.63) is 24.3 Å². The molecule has 0 spiro atoms. The summed E-state index contributed by atoms with van der Waals surface area (Å²) in [5.41, 5.74) is 15.5. The number of hydrogen-bond acceptors (Lipinski definition) is 2. The zero-order valence-electron chi connectivity index (χ0n) is 16.7. The van der Waals surface area contributed by atoms with Gasteiger partial charge < -0.3 is 11.5 Å². The Morgan fingerprint density at radius 3 is 2.38 bits per heavy atom. The Bertz CT molecular complexity index is 401. The fourth-order valence-corrected chi connectivity index (χ4v) is 4.48. The van der Waals surface area contributed by atoms with Gasteiger partial charge in [0, 0.05) is 12.1 Å². The summed E-state index contributed by atoms with van der Waals surface area (Å²) in [5.74, 6) is 2.27. The maximum Gasteiger partial charge on any atom is 0.0227 e. The molecule has 0 heterocycles. The zero-order valence-corrected chi connectivity index (χ0v) is 16.7. The first-order chi connectivity index (χ1) is 11.3. The highest BCUT2D eigenvalue weighted by Gasteiger charge is 2.39. The number of allylic oxidation sites excluding steroid dienone is 2. The Labute approximate surface area is 151 Å². The van der Waals surface area contributed by atoms with E-state index in [0.717, 1.165) is 25.2 Å². The van der Waals surface area contributed by atoms with Crippen molar-refractivity contribution in [3.8, 4) is 0 Å². The van der Waals surface area contributed by atoms with Crippen LogP contribution in [0, 0.1) is 23.7 Å². The minimum atomic E-state index is 0.0770. The molecule has 0 aromatic carbocycles. The lowest BCUT2D eigenvalue weighted by molar-refractivity contribution is 0.159. The van der Waals surface area contributed by atoms with Gasteiger partial charge in [0.2, 0.25) is 0 Å². The van der Waals surface area contributed by atoms with Crippen LogP contribution < -0.4 is 11.5 Å². The summed E-state index contributed by atoms with van der Waals surface area (Å²) in [6.45, 7) is 17.5. The standard InChI is InChI=1S/C22H42N2/c1-7-10-16(4)11-8-9-12-17(5)13-19-14-20(15(2)3)18(6)21(23)22(19)24/h16,18-22H,2,5,7-14,23-24H2,1,3-4,6H3. The molecule has 1 fully saturated rings. The fourth-order valence-electron chi connectivity index (χ4n) is 4.48. The summed E-state index contributed by atoms with van der Waals surface area (Å²) >= 11 is 0. The van der Waals surface area contributed by atoms with Gasteiger partial charge in [-0.1, -0.05) is 70.8 Å². The van der Waals surface area contributed by atoms with Crippen LogP contribution in [-0.2, 0) is 0 Å². The summed E-state index contributed by atoms with van der Waals surface area (Å²) < 4.78 is 0. The molecule has 0 aromatic rings. The van der Waals surface area contributed by atoms with E-state index in [0.29, 0.717) is 17.8 Å². The molecule has 2 heteroatoms. The molecule has 2 nitrogen and oxygen atoms in total. The maximum absolute atomic E-state index is 6.46. The molecule has 1 saturated carbocycles. The van der Waals surface area contributed by atoms with Gasteiger partial charge in [-0.2, -0.15) is 0 Å². The maximum atomic E-state index is 6.46. The molecule has 140 valence electrons. The Morgan fingerprint density at radius 1 is 1.12 bits per heavy atom. The summed E-state index contributed by atoms with van der Waals surface area (Å²) in [6, 6.07) is 0.171.